The van der Waals surface area contributed by atoms with Gasteiger partial charge in [-0.25, -0.2) is 4.98 Å². The first-order valence-corrected chi connectivity index (χ1v) is 8.78. The van der Waals surface area contributed by atoms with Gasteiger partial charge in [0.25, 0.3) is 11.5 Å². The van der Waals surface area contributed by atoms with E-state index in [1.54, 1.807) is 57.3 Å². The zero-order valence-electron chi connectivity index (χ0n) is 16.2. The van der Waals surface area contributed by atoms with Gasteiger partial charge in [-0.3, -0.25) is 14.4 Å². The lowest BCUT2D eigenvalue weighted by atomic mass is 10.1. The largest absolute Gasteiger partial charge is 0.439 e. The van der Waals surface area contributed by atoms with Crippen LogP contribution >= 0.6 is 0 Å². The Morgan fingerprint density at radius 3 is 2.55 bits per heavy atom. The number of carbonyl (C=O) groups excluding carboxylic acids is 2. The molecule has 0 spiro atoms. The fraction of sp³-hybridized carbons (Fsp3) is 0.143. The molecule has 2 aromatic heterocycles. The normalized spacial score (nSPS) is 10.4. The molecule has 0 saturated carbocycles. The van der Waals surface area contributed by atoms with Crippen molar-refractivity contribution in [1.29, 1.82) is 0 Å². The third kappa shape index (κ3) is 4.32. The third-order valence-corrected chi connectivity index (χ3v) is 4.43. The maximum atomic E-state index is 12.6. The van der Waals surface area contributed by atoms with Gasteiger partial charge in [0.15, 0.2) is 0 Å². The van der Waals surface area contributed by atoms with Crippen LogP contribution in [0.2, 0.25) is 0 Å². The smallest absolute Gasteiger partial charge is 0.263 e. The van der Waals surface area contributed by atoms with Crippen molar-refractivity contribution in [3.63, 3.8) is 0 Å². The minimum Gasteiger partial charge on any atom is -0.439 e. The third-order valence-electron chi connectivity index (χ3n) is 4.43. The highest BCUT2D eigenvalue weighted by molar-refractivity contribution is 6.05. The summed E-state index contributed by atoms with van der Waals surface area (Å²) in [6, 6.07) is 11.4. The van der Waals surface area contributed by atoms with Gasteiger partial charge in [0.2, 0.25) is 11.8 Å². The molecular weight excluding hydrogens is 372 g/mol. The Kier molecular flexibility index (Phi) is 5.45. The first kappa shape index (κ1) is 19.8. The molecule has 0 radical (unpaired) electrons. The van der Waals surface area contributed by atoms with Crippen LogP contribution in [0.15, 0.2) is 53.5 Å². The molecule has 8 heteroatoms. The number of hydrogen-bond donors (Lipinski definition) is 2. The summed E-state index contributed by atoms with van der Waals surface area (Å²) in [5.74, 6) is -0.386. The van der Waals surface area contributed by atoms with Gasteiger partial charge >= 0.3 is 0 Å². The number of pyridine rings is 2. The van der Waals surface area contributed by atoms with Crippen LogP contribution in [0.4, 0.5) is 5.69 Å². The molecule has 0 unspecified atom stereocenters. The maximum Gasteiger partial charge on any atom is 0.263 e. The van der Waals surface area contributed by atoms with Crippen LogP contribution in [0.3, 0.4) is 0 Å². The predicted molar refractivity (Wildman–Crippen MR) is 108 cm³/mol. The SMILES string of the molecule is Cc1cc(C)n(C)c(=O)c1C(=O)Nc1ccc(Oc2cccc(C(N)=O)c2)nc1. The second kappa shape index (κ2) is 7.97. The Morgan fingerprint density at radius 2 is 1.90 bits per heavy atom. The lowest BCUT2D eigenvalue weighted by Crippen LogP contribution is -2.30. The summed E-state index contributed by atoms with van der Waals surface area (Å²) in [7, 11) is 1.62. The molecule has 29 heavy (non-hydrogen) atoms. The molecule has 3 aromatic rings. The predicted octanol–water partition coefficient (Wildman–Crippen LogP) is 2.54. The van der Waals surface area contributed by atoms with Crippen molar-refractivity contribution in [2.75, 3.05) is 5.32 Å². The summed E-state index contributed by atoms with van der Waals surface area (Å²) in [6.45, 7) is 3.52. The minimum atomic E-state index is -0.556. The number of hydrogen-bond acceptors (Lipinski definition) is 5. The van der Waals surface area contributed by atoms with E-state index >= 15 is 0 Å². The van der Waals surface area contributed by atoms with Crippen molar-refractivity contribution >= 4 is 17.5 Å². The molecular formula is C21H20N4O4. The lowest BCUT2D eigenvalue weighted by molar-refractivity contribution is 0.0997. The number of benzene rings is 1. The minimum absolute atomic E-state index is 0.0849. The molecule has 8 nitrogen and oxygen atoms in total. The van der Waals surface area contributed by atoms with Crippen molar-refractivity contribution in [1.82, 2.24) is 9.55 Å². The van der Waals surface area contributed by atoms with E-state index in [4.69, 9.17) is 10.5 Å². The number of rotatable bonds is 5. The number of aryl methyl sites for hydroxylation is 2. The molecule has 1 aromatic carbocycles. The Morgan fingerprint density at radius 1 is 1.14 bits per heavy atom. The molecule has 0 aliphatic rings. The average molecular weight is 392 g/mol. The van der Waals surface area contributed by atoms with E-state index in [2.05, 4.69) is 10.3 Å². The molecule has 3 rings (SSSR count). The number of nitrogens with one attached hydrogen (secondary N) is 1. The number of aromatic nitrogens is 2. The standard InChI is InChI=1S/C21H20N4O4/c1-12-9-13(2)25(3)21(28)18(12)20(27)24-15-7-8-17(23-11-15)29-16-6-4-5-14(10-16)19(22)26/h4-11H,1-3H3,(H2,22,26)(H,24,27). The average Bonchev–Trinajstić information content (AvgIpc) is 2.68. The van der Waals surface area contributed by atoms with Crippen molar-refractivity contribution in [2.24, 2.45) is 12.8 Å². The highest BCUT2D eigenvalue weighted by atomic mass is 16.5. The molecule has 0 atom stereocenters. The van der Waals surface area contributed by atoms with Gasteiger partial charge in [0.05, 0.1) is 11.9 Å². The van der Waals surface area contributed by atoms with Gasteiger partial charge in [-0.2, -0.15) is 0 Å². The summed E-state index contributed by atoms with van der Waals surface area (Å²) in [5, 5.41) is 2.67. The van der Waals surface area contributed by atoms with Gasteiger partial charge in [-0.1, -0.05) is 6.07 Å². The summed E-state index contributed by atoms with van der Waals surface area (Å²) in [4.78, 5) is 40.4. The zero-order chi connectivity index (χ0) is 21.1. The summed E-state index contributed by atoms with van der Waals surface area (Å²) in [6.07, 6.45) is 1.42. The number of anilines is 1. The Labute approximate surface area is 167 Å². The van der Waals surface area contributed by atoms with Gasteiger partial charge in [0.1, 0.15) is 11.3 Å². The van der Waals surface area contributed by atoms with E-state index in [1.807, 2.05) is 0 Å². The van der Waals surface area contributed by atoms with Crippen molar-refractivity contribution < 1.29 is 14.3 Å². The molecule has 2 amide bonds. The Balaban J connectivity index is 1.75. The van der Waals surface area contributed by atoms with E-state index in [1.165, 1.54) is 16.8 Å². The maximum absolute atomic E-state index is 12.6. The van der Waals surface area contributed by atoms with Crippen LogP contribution in [-0.4, -0.2) is 21.4 Å². The van der Waals surface area contributed by atoms with Crippen LogP contribution in [0.25, 0.3) is 0 Å². The Bertz CT molecular complexity index is 1150. The highest BCUT2D eigenvalue weighted by Crippen LogP contribution is 2.21. The van der Waals surface area contributed by atoms with E-state index < -0.39 is 11.8 Å². The molecule has 0 bridgehead atoms. The molecule has 0 aliphatic carbocycles. The first-order valence-electron chi connectivity index (χ1n) is 8.78. The quantitative estimate of drug-likeness (QED) is 0.692. The van der Waals surface area contributed by atoms with E-state index in [-0.39, 0.29) is 17.0 Å². The van der Waals surface area contributed by atoms with Crippen molar-refractivity contribution in [3.8, 4) is 11.6 Å². The van der Waals surface area contributed by atoms with Gasteiger partial charge < -0.3 is 20.4 Å². The number of carbonyl (C=O) groups is 2. The molecule has 148 valence electrons. The zero-order valence-corrected chi connectivity index (χ0v) is 16.2. The van der Waals surface area contributed by atoms with Gasteiger partial charge in [0, 0.05) is 24.4 Å². The fourth-order valence-corrected chi connectivity index (χ4v) is 2.80. The molecule has 2 heterocycles. The van der Waals surface area contributed by atoms with Crippen LogP contribution in [0.1, 0.15) is 32.0 Å². The van der Waals surface area contributed by atoms with Gasteiger partial charge in [-0.05, 0) is 49.7 Å². The summed E-state index contributed by atoms with van der Waals surface area (Å²) in [5.41, 5.74) is 7.09. The number of amides is 2. The van der Waals surface area contributed by atoms with E-state index in [0.29, 0.717) is 22.6 Å². The fourth-order valence-electron chi connectivity index (χ4n) is 2.80. The number of nitrogens with two attached hydrogens (primary N) is 1. The summed E-state index contributed by atoms with van der Waals surface area (Å²) < 4.78 is 7.02. The summed E-state index contributed by atoms with van der Waals surface area (Å²) >= 11 is 0. The topological polar surface area (TPSA) is 116 Å². The van der Waals surface area contributed by atoms with Gasteiger partial charge in [-0.15, -0.1) is 0 Å². The molecule has 0 fully saturated rings. The molecule has 3 N–H and O–H groups in total. The molecule has 0 aliphatic heterocycles. The molecule has 0 saturated heterocycles. The number of ether oxygens (including phenoxy) is 1. The van der Waals surface area contributed by atoms with E-state index in [9.17, 15) is 14.4 Å². The van der Waals surface area contributed by atoms with Crippen LogP contribution in [0, 0.1) is 13.8 Å². The second-order valence-electron chi connectivity index (χ2n) is 6.54. The number of primary amides is 1. The lowest BCUT2D eigenvalue weighted by Gasteiger charge is -2.11. The number of nitrogens with zero attached hydrogens (tertiary/aromatic N) is 2. The second-order valence-corrected chi connectivity index (χ2v) is 6.54. The first-order chi connectivity index (χ1) is 13.8. The van der Waals surface area contributed by atoms with E-state index in [0.717, 1.165) is 5.69 Å². The monoisotopic (exact) mass is 392 g/mol. The van der Waals surface area contributed by atoms with Crippen molar-refractivity contribution in [3.05, 3.63) is 81.4 Å². The van der Waals surface area contributed by atoms with Crippen molar-refractivity contribution in [2.45, 2.75) is 13.8 Å². The van der Waals surface area contributed by atoms with Crippen LogP contribution < -0.4 is 21.3 Å². The highest BCUT2D eigenvalue weighted by Gasteiger charge is 2.16. The van der Waals surface area contributed by atoms with Crippen LogP contribution in [0.5, 0.6) is 11.6 Å². The Hall–Kier alpha value is -3.94. The van der Waals surface area contributed by atoms with Crippen LogP contribution in [-0.2, 0) is 7.05 Å².